The maximum Gasteiger partial charge on any atom is 0.122 e. The Bertz CT molecular complexity index is 439. The molecule has 0 radical (unpaired) electrons. The second-order valence-corrected chi connectivity index (χ2v) is 6.89. The Morgan fingerprint density at radius 1 is 1.24 bits per heavy atom. The van der Waals surface area contributed by atoms with Gasteiger partial charge in [-0.3, -0.25) is 0 Å². The van der Waals surface area contributed by atoms with Crippen molar-refractivity contribution in [2.24, 2.45) is 5.92 Å². The van der Waals surface area contributed by atoms with Gasteiger partial charge in [-0.25, -0.2) is 0 Å². The van der Waals surface area contributed by atoms with Gasteiger partial charge in [0.2, 0.25) is 0 Å². The van der Waals surface area contributed by atoms with Crippen LogP contribution in [0, 0.1) is 5.92 Å². The molecular formula is C18H30N2O. The average molecular weight is 290 g/mol. The molecule has 1 aliphatic rings. The van der Waals surface area contributed by atoms with E-state index in [1.165, 1.54) is 18.4 Å². The van der Waals surface area contributed by atoms with E-state index >= 15 is 0 Å². The van der Waals surface area contributed by atoms with Gasteiger partial charge in [-0.05, 0) is 50.4 Å². The molecule has 118 valence electrons. The largest absolute Gasteiger partial charge is 0.496 e. The van der Waals surface area contributed by atoms with Crippen molar-refractivity contribution in [3.8, 4) is 5.75 Å². The normalized spacial score (nSPS) is 23.2. The maximum atomic E-state index is 5.48. The van der Waals surface area contributed by atoms with Crippen molar-refractivity contribution in [3.05, 3.63) is 29.8 Å². The molecule has 0 amide bonds. The summed E-state index contributed by atoms with van der Waals surface area (Å²) in [6.07, 6.45) is 2.44. The molecule has 3 nitrogen and oxygen atoms in total. The lowest BCUT2D eigenvalue weighted by molar-refractivity contribution is 0.208. The number of hydrogen-bond acceptors (Lipinski definition) is 3. The molecule has 0 aromatic heterocycles. The first-order valence-corrected chi connectivity index (χ1v) is 8.05. The van der Waals surface area contributed by atoms with Crippen molar-refractivity contribution in [1.29, 1.82) is 0 Å². The molecule has 1 aromatic carbocycles. The summed E-state index contributed by atoms with van der Waals surface area (Å²) in [5.74, 6) is 2.35. The van der Waals surface area contributed by atoms with Gasteiger partial charge >= 0.3 is 0 Å². The summed E-state index contributed by atoms with van der Waals surface area (Å²) in [6.45, 7) is 5.71. The Morgan fingerprint density at radius 2 is 1.90 bits per heavy atom. The van der Waals surface area contributed by atoms with Gasteiger partial charge in [0.25, 0.3) is 0 Å². The van der Waals surface area contributed by atoms with Gasteiger partial charge in [0.05, 0.1) is 7.11 Å². The van der Waals surface area contributed by atoms with E-state index in [9.17, 15) is 0 Å². The standard InChI is InChI=1S/C18H30N2O/c1-13(2)17(12-20(3)4)19-15-10-14(11-15)16-8-6-7-9-18(16)21-5/h6-9,13-15,17,19H,10-12H2,1-5H3. The second-order valence-electron chi connectivity index (χ2n) is 6.89. The number of hydrogen-bond donors (Lipinski definition) is 1. The zero-order valence-corrected chi connectivity index (χ0v) is 14.1. The van der Waals surface area contributed by atoms with Crippen LogP contribution in [0.25, 0.3) is 0 Å². The van der Waals surface area contributed by atoms with Crippen LogP contribution < -0.4 is 10.1 Å². The van der Waals surface area contributed by atoms with Crippen molar-refractivity contribution < 1.29 is 4.74 Å². The minimum atomic E-state index is 0.573. The summed E-state index contributed by atoms with van der Waals surface area (Å²) in [4.78, 5) is 2.27. The fourth-order valence-electron chi connectivity index (χ4n) is 3.16. The molecule has 1 aromatic rings. The molecule has 0 bridgehead atoms. The van der Waals surface area contributed by atoms with Crippen LogP contribution in [-0.4, -0.2) is 44.7 Å². The number of ether oxygens (including phenoxy) is 1. The quantitative estimate of drug-likeness (QED) is 0.835. The number of nitrogens with zero attached hydrogens (tertiary/aromatic N) is 1. The second kappa shape index (κ2) is 7.28. The average Bonchev–Trinajstić information content (AvgIpc) is 2.40. The molecule has 1 aliphatic carbocycles. The highest BCUT2D eigenvalue weighted by molar-refractivity contribution is 5.37. The molecule has 1 atom stereocenters. The first-order valence-electron chi connectivity index (χ1n) is 8.05. The van der Waals surface area contributed by atoms with Gasteiger partial charge in [-0.2, -0.15) is 0 Å². The highest BCUT2D eigenvalue weighted by atomic mass is 16.5. The predicted molar refractivity (Wildman–Crippen MR) is 89.1 cm³/mol. The lowest BCUT2D eigenvalue weighted by atomic mass is 9.75. The summed E-state index contributed by atoms with van der Waals surface area (Å²) < 4.78 is 5.48. The third kappa shape index (κ3) is 4.21. The van der Waals surface area contributed by atoms with Crippen molar-refractivity contribution in [1.82, 2.24) is 10.2 Å². The summed E-state index contributed by atoms with van der Waals surface area (Å²) in [5.41, 5.74) is 1.37. The molecule has 2 rings (SSSR count). The summed E-state index contributed by atoms with van der Waals surface area (Å²) in [6, 6.07) is 9.65. The third-order valence-electron chi connectivity index (χ3n) is 4.53. The topological polar surface area (TPSA) is 24.5 Å². The Morgan fingerprint density at radius 3 is 2.48 bits per heavy atom. The van der Waals surface area contributed by atoms with Crippen molar-refractivity contribution in [3.63, 3.8) is 0 Å². The smallest absolute Gasteiger partial charge is 0.122 e. The highest BCUT2D eigenvalue weighted by Gasteiger charge is 2.33. The molecular weight excluding hydrogens is 260 g/mol. The van der Waals surface area contributed by atoms with Crippen LogP contribution in [0.1, 0.15) is 38.2 Å². The van der Waals surface area contributed by atoms with Crippen LogP contribution in [0.15, 0.2) is 24.3 Å². The van der Waals surface area contributed by atoms with E-state index in [-0.39, 0.29) is 0 Å². The Kier molecular flexibility index (Phi) is 5.65. The van der Waals surface area contributed by atoms with Crippen LogP contribution in [0.5, 0.6) is 5.75 Å². The number of likely N-dealkylation sites (N-methyl/N-ethyl adjacent to an activating group) is 1. The summed E-state index contributed by atoms with van der Waals surface area (Å²) >= 11 is 0. The number of methoxy groups -OCH3 is 1. The lowest BCUT2D eigenvalue weighted by Gasteiger charge is -2.40. The Balaban J connectivity index is 1.88. The molecule has 0 spiro atoms. The van der Waals surface area contributed by atoms with E-state index in [4.69, 9.17) is 4.74 Å². The third-order valence-corrected chi connectivity index (χ3v) is 4.53. The monoisotopic (exact) mass is 290 g/mol. The predicted octanol–water partition coefficient (Wildman–Crippen LogP) is 3.12. The van der Waals surface area contributed by atoms with Crippen LogP contribution in [0.3, 0.4) is 0 Å². The Labute approximate surface area is 129 Å². The first-order chi connectivity index (χ1) is 10.0. The van der Waals surface area contributed by atoms with Crippen LogP contribution >= 0.6 is 0 Å². The maximum absolute atomic E-state index is 5.48. The molecule has 0 heterocycles. The van der Waals surface area contributed by atoms with Gasteiger partial charge in [0, 0.05) is 18.6 Å². The lowest BCUT2D eigenvalue weighted by Crippen LogP contribution is -2.51. The molecule has 21 heavy (non-hydrogen) atoms. The van der Waals surface area contributed by atoms with E-state index in [0.29, 0.717) is 23.9 Å². The van der Waals surface area contributed by atoms with Gasteiger partial charge in [0.1, 0.15) is 5.75 Å². The number of rotatable bonds is 7. The molecule has 0 aliphatic heterocycles. The molecule has 1 unspecified atom stereocenters. The van der Waals surface area contributed by atoms with E-state index in [2.05, 4.69) is 56.4 Å². The van der Waals surface area contributed by atoms with Crippen LogP contribution in [-0.2, 0) is 0 Å². The van der Waals surface area contributed by atoms with Crippen molar-refractivity contribution in [2.45, 2.75) is 44.7 Å². The fourth-order valence-corrected chi connectivity index (χ4v) is 3.16. The summed E-state index contributed by atoms with van der Waals surface area (Å²) in [5, 5.41) is 3.84. The van der Waals surface area contributed by atoms with Crippen LogP contribution in [0.2, 0.25) is 0 Å². The van der Waals surface area contributed by atoms with E-state index in [0.717, 1.165) is 12.3 Å². The fraction of sp³-hybridized carbons (Fsp3) is 0.667. The van der Waals surface area contributed by atoms with E-state index < -0.39 is 0 Å². The van der Waals surface area contributed by atoms with Gasteiger partial charge in [-0.15, -0.1) is 0 Å². The molecule has 0 saturated heterocycles. The van der Waals surface area contributed by atoms with Crippen molar-refractivity contribution in [2.75, 3.05) is 27.7 Å². The zero-order valence-electron chi connectivity index (χ0n) is 14.1. The minimum absolute atomic E-state index is 0.573. The van der Waals surface area contributed by atoms with E-state index in [1.54, 1.807) is 7.11 Å². The highest BCUT2D eigenvalue weighted by Crippen LogP contribution is 2.41. The molecule has 1 N–H and O–H groups in total. The van der Waals surface area contributed by atoms with Crippen molar-refractivity contribution >= 4 is 0 Å². The molecule has 1 fully saturated rings. The van der Waals surface area contributed by atoms with Crippen LogP contribution in [0.4, 0.5) is 0 Å². The van der Waals surface area contributed by atoms with Gasteiger partial charge in [-0.1, -0.05) is 32.0 Å². The number of nitrogens with one attached hydrogen (secondary N) is 1. The minimum Gasteiger partial charge on any atom is -0.496 e. The Hall–Kier alpha value is -1.06. The summed E-state index contributed by atoms with van der Waals surface area (Å²) in [7, 11) is 6.06. The zero-order chi connectivity index (χ0) is 15.4. The molecule has 3 heteroatoms. The SMILES string of the molecule is COc1ccccc1C1CC(NC(CN(C)C)C(C)C)C1. The number of para-hydroxylation sites is 1. The van der Waals surface area contributed by atoms with E-state index in [1.807, 2.05) is 6.07 Å². The first kappa shape index (κ1) is 16.3. The van der Waals surface area contributed by atoms with Gasteiger partial charge < -0.3 is 15.0 Å². The molecule has 1 saturated carbocycles. The van der Waals surface area contributed by atoms with Gasteiger partial charge in [0.15, 0.2) is 0 Å². The number of benzene rings is 1.